The molecule has 1 fully saturated rings. The van der Waals surface area contributed by atoms with Crippen LogP contribution >= 0.6 is 0 Å². The maximum atomic E-state index is 4.23. The SMILES string of the molecule is c1ccc(-n2cncn2)c(C2CCNCC2)c1. The molecule has 0 radical (unpaired) electrons. The molecule has 1 N–H and O–H groups in total. The number of aromatic nitrogens is 3. The van der Waals surface area contributed by atoms with Crippen molar-refractivity contribution in [1.82, 2.24) is 20.1 Å². The molecule has 1 saturated heterocycles. The van der Waals surface area contributed by atoms with Gasteiger partial charge in [-0.15, -0.1) is 0 Å². The van der Waals surface area contributed by atoms with Crippen LogP contribution in [0.3, 0.4) is 0 Å². The molecule has 0 bridgehead atoms. The number of nitrogens with one attached hydrogen (secondary N) is 1. The molecule has 2 aromatic rings. The van der Waals surface area contributed by atoms with Gasteiger partial charge in [0.05, 0.1) is 5.69 Å². The minimum absolute atomic E-state index is 0.636. The van der Waals surface area contributed by atoms with Gasteiger partial charge >= 0.3 is 0 Å². The summed E-state index contributed by atoms with van der Waals surface area (Å²) in [6.07, 6.45) is 5.75. The Morgan fingerprint density at radius 1 is 1.18 bits per heavy atom. The van der Waals surface area contributed by atoms with Crippen molar-refractivity contribution in [3.8, 4) is 5.69 Å². The molecule has 0 unspecified atom stereocenters. The van der Waals surface area contributed by atoms with Crippen LogP contribution in [-0.2, 0) is 0 Å². The third-order valence-corrected chi connectivity index (χ3v) is 3.38. The molecule has 3 rings (SSSR count). The van der Waals surface area contributed by atoms with E-state index in [4.69, 9.17) is 0 Å². The maximum Gasteiger partial charge on any atom is 0.138 e. The number of para-hydroxylation sites is 1. The highest BCUT2D eigenvalue weighted by atomic mass is 15.3. The average molecular weight is 228 g/mol. The van der Waals surface area contributed by atoms with E-state index in [0.29, 0.717) is 5.92 Å². The zero-order valence-corrected chi connectivity index (χ0v) is 9.71. The molecule has 1 aliphatic rings. The van der Waals surface area contributed by atoms with Gasteiger partial charge in [0.1, 0.15) is 12.7 Å². The van der Waals surface area contributed by atoms with Gasteiger partial charge in [-0.3, -0.25) is 0 Å². The second-order valence-electron chi connectivity index (χ2n) is 4.42. The van der Waals surface area contributed by atoms with Crippen LogP contribution in [0.25, 0.3) is 5.69 Å². The van der Waals surface area contributed by atoms with Crippen LogP contribution in [0.1, 0.15) is 24.3 Å². The van der Waals surface area contributed by atoms with Crippen LogP contribution in [0, 0.1) is 0 Å². The fraction of sp³-hybridized carbons (Fsp3) is 0.385. The highest BCUT2D eigenvalue weighted by Gasteiger charge is 2.18. The van der Waals surface area contributed by atoms with E-state index in [-0.39, 0.29) is 0 Å². The summed E-state index contributed by atoms with van der Waals surface area (Å²) in [6.45, 7) is 2.21. The van der Waals surface area contributed by atoms with Gasteiger partial charge in [0, 0.05) is 0 Å². The van der Waals surface area contributed by atoms with Gasteiger partial charge in [-0.05, 0) is 43.5 Å². The predicted molar refractivity (Wildman–Crippen MR) is 66.2 cm³/mol. The summed E-state index contributed by atoms with van der Waals surface area (Å²) in [6, 6.07) is 8.50. The Morgan fingerprint density at radius 2 is 2.00 bits per heavy atom. The van der Waals surface area contributed by atoms with E-state index in [9.17, 15) is 0 Å². The first-order chi connectivity index (χ1) is 8.45. The second kappa shape index (κ2) is 4.67. The number of hydrogen-bond acceptors (Lipinski definition) is 3. The standard InChI is InChI=1S/C13H16N4/c1-2-4-13(17-10-15-9-16-17)12(3-1)11-5-7-14-8-6-11/h1-4,9-11,14H,5-8H2. The molecule has 88 valence electrons. The fourth-order valence-corrected chi connectivity index (χ4v) is 2.51. The van der Waals surface area contributed by atoms with Gasteiger partial charge in [0.15, 0.2) is 0 Å². The number of piperidine rings is 1. The molecule has 0 amide bonds. The molecule has 1 aromatic carbocycles. The predicted octanol–water partition coefficient (Wildman–Crippen LogP) is 1.73. The Kier molecular flexibility index (Phi) is 2.88. The zero-order valence-electron chi connectivity index (χ0n) is 9.71. The Bertz CT molecular complexity index is 472. The third kappa shape index (κ3) is 2.08. The van der Waals surface area contributed by atoms with Crippen LogP contribution in [0.15, 0.2) is 36.9 Å². The molecule has 0 aliphatic carbocycles. The van der Waals surface area contributed by atoms with Crippen LogP contribution < -0.4 is 5.32 Å². The van der Waals surface area contributed by atoms with Crippen molar-refractivity contribution in [3.63, 3.8) is 0 Å². The second-order valence-corrected chi connectivity index (χ2v) is 4.42. The average Bonchev–Trinajstić information content (AvgIpc) is 2.94. The van der Waals surface area contributed by atoms with Crippen molar-refractivity contribution in [3.05, 3.63) is 42.5 Å². The number of nitrogens with zero attached hydrogens (tertiary/aromatic N) is 3. The molecular weight excluding hydrogens is 212 g/mol. The Balaban J connectivity index is 1.98. The molecule has 0 atom stereocenters. The molecular formula is C13H16N4. The smallest absolute Gasteiger partial charge is 0.138 e. The molecule has 2 heterocycles. The van der Waals surface area contributed by atoms with E-state index in [1.54, 1.807) is 12.7 Å². The quantitative estimate of drug-likeness (QED) is 0.851. The highest BCUT2D eigenvalue weighted by molar-refractivity contribution is 5.42. The molecule has 1 aliphatic heterocycles. The summed E-state index contributed by atoms with van der Waals surface area (Å²) in [7, 11) is 0. The topological polar surface area (TPSA) is 42.7 Å². The van der Waals surface area contributed by atoms with E-state index in [1.165, 1.54) is 18.4 Å². The monoisotopic (exact) mass is 228 g/mol. The molecule has 4 heteroatoms. The van der Waals surface area contributed by atoms with Gasteiger partial charge in [-0.2, -0.15) is 5.10 Å². The first kappa shape index (κ1) is 10.5. The van der Waals surface area contributed by atoms with Gasteiger partial charge in [0.2, 0.25) is 0 Å². The van der Waals surface area contributed by atoms with Crippen LogP contribution in [0.2, 0.25) is 0 Å². The number of rotatable bonds is 2. The van der Waals surface area contributed by atoms with E-state index in [2.05, 4.69) is 39.7 Å². The van der Waals surface area contributed by atoms with Gasteiger partial charge < -0.3 is 5.32 Å². The first-order valence-corrected chi connectivity index (χ1v) is 6.10. The van der Waals surface area contributed by atoms with Crippen molar-refractivity contribution in [2.75, 3.05) is 13.1 Å². The van der Waals surface area contributed by atoms with Gasteiger partial charge in [-0.25, -0.2) is 9.67 Å². The van der Waals surface area contributed by atoms with Gasteiger partial charge in [-0.1, -0.05) is 18.2 Å². The van der Waals surface area contributed by atoms with Crippen molar-refractivity contribution in [2.24, 2.45) is 0 Å². The zero-order chi connectivity index (χ0) is 11.5. The Hall–Kier alpha value is -1.68. The summed E-state index contributed by atoms with van der Waals surface area (Å²) < 4.78 is 1.86. The largest absolute Gasteiger partial charge is 0.317 e. The van der Waals surface area contributed by atoms with E-state index < -0.39 is 0 Å². The molecule has 4 nitrogen and oxygen atoms in total. The van der Waals surface area contributed by atoms with Crippen molar-refractivity contribution in [1.29, 1.82) is 0 Å². The van der Waals surface area contributed by atoms with Crippen LogP contribution in [0.4, 0.5) is 0 Å². The lowest BCUT2D eigenvalue weighted by atomic mass is 9.89. The van der Waals surface area contributed by atoms with Gasteiger partial charge in [0.25, 0.3) is 0 Å². The van der Waals surface area contributed by atoms with E-state index >= 15 is 0 Å². The van der Waals surface area contributed by atoms with Crippen LogP contribution in [0.5, 0.6) is 0 Å². The molecule has 0 spiro atoms. The number of hydrogen-bond donors (Lipinski definition) is 1. The lowest BCUT2D eigenvalue weighted by Gasteiger charge is -2.24. The Labute approximate surface area is 101 Å². The summed E-state index contributed by atoms with van der Waals surface area (Å²) in [4.78, 5) is 4.02. The van der Waals surface area contributed by atoms with Crippen molar-refractivity contribution < 1.29 is 0 Å². The summed E-state index contributed by atoms with van der Waals surface area (Å²) in [5.41, 5.74) is 2.55. The summed E-state index contributed by atoms with van der Waals surface area (Å²) >= 11 is 0. The Morgan fingerprint density at radius 3 is 2.76 bits per heavy atom. The van der Waals surface area contributed by atoms with Crippen molar-refractivity contribution >= 4 is 0 Å². The van der Waals surface area contributed by atoms with E-state index in [0.717, 1.165) is 18.8 Å². The minimum Gasteiger partial charge on any atom is -0.317 e. The summed E-state index contributed by atoms with van der Waals surface area (Å²) in [5.74, 6) is 0.636. The lowest BCUT2D eigenvalue weighted by molar-refractivity contribution is 0.459. The molecule has 1 aromatic heterocycles. The lowest BCUT2D eigenvalue weighted by Crippen LogP contribution is -2.27. The van der Waals surface area contributed by atoms with Crippen molar-refractivity contribution in [2.45, 2.75) is 18.8 Å². The van der Waals surface area contributed by atoms with E-state index in [1.807, 2.05) is 4.68 Å². The first-order valence-electron chi connectivity index (χ1n) is 6.10. The molecule has 17 heavy (non-hydrogen) atoms. The normalized spacial score (nSPS) is 17.2. The minimum atomic E-state index is 0.636. The highest BCUT2D eigenvalue weighted by Crippen LogP contribution is 2.29. The number of benzene rings is 1. The maximum absolute atomic E-state index is 4.23. The summed E-state index contributed by atoms with van der Waals surface area (Å²) in [5, 5.41) is 7.64. The fourth-order valence-electron chi connectivity index (χ4n) is 2.51. The molecule has 0 saturated carbocycles. The third-order valence-electron chi connectivity index (χ3n) is 3.38. The van der Waals surface area contributed by atoms with Crippen LogP contribution in [-0.4, -0.2) is 27.9 Å².